The normalized spacial score (nSPS) is 20.7. The van der Waals surface area contributed by atoms with E-state index in [0.29, 0.717) is 19.4 Å². The van der Waals surface area contributed by atoms with Crippen LogP contribution in [0.2, 0.25) is 0 Å². The van der Waals surface area contributed by atoms with Gasteiger partial charge in [-0.25, -0.2) is 0 Å². The molecule has 19 heavy (non-hydrogen) atoms. The van der Waals surface area contributed by atoms with Gasteiger partial charge in [0.15, 0.2) is 0 Å². The summed E-state index contributed by atoms with van der Waals surface area (Å²) in [4.78, 5) is 22.3. The third-order valence-corrected chi connectivity index (χ3v) is 3.33. The number of benzene rings is 1. The Labute approximate surface area is 111 Å². The molecule has 0 bridgehead atoms. The van der Waals surface area contributed by atoms with Crippen molar-refractivity contribution in [1.29, 1.82) is 0 Å². The number of nitrogens with one attached hydrogen (secondary N) is 1. The smallest absolute Gasteiger partial charge is 0.307 e. The van der Waals surface area contributed by atoms with Crippen molar-refractivity contribution in [3.05, 3.63) is 29.8 Å². The van der Waals surface area contributed by atoms with Crippen LogP contribution < -0.4 is 10.1 Å². The summed E-state index contributed by atoms with van der Waals surface area (Å²) in [6.45, 7) is 0.488. The second kappa shape index (κ2) is 5.73. The number of hydrogen-bond acceptors (Lipinski definition) is 3. The van der Waals surface area contributed by atoms with E-state index in [0.717, 1.165) is 11.3 Å². The first kappa shape index (κ1) is 13.4. The fourth-order valence-electron chi connectivity index (χ4n) is 2.12. The number of carboxylic acid groups (broad SMARTS) is 1. The predicted molar refractivity (Wildman–Crippen MR) is 68.9 cm³/mol. The molecule has 0 aliphatic heterocycles. The maximum atomic E-state index is 11.7. The minimum absolute atomic E-state index is 0.165. The lowest BCUT2D eigenvalue weighted by Gasteiger charge is -2.08. The number of amides is 1. The lowest BCUT2D eigenvalue weighted by molar-refractivity contribution is -0.140. The molecule has 1 saturated carbocycles. The van der Waals surface area contributed by atoms with E-state index in [2.05, 4.69) is 5.32 Å². The second-order valence-corrected chi connectivity index (χ2v) is 4.64. The number of rotatable bonds is 6. The van der Waals surface area contributed by atoms with Crippen molar-refractivity contribution in [1.82, 2.24) is 5.32 Å². The van der Waals surface area contributed by atoms with E-state index in [9.17, 15) is 9.59 Å². The molecule has 5 nitrogen and oxygen atoms in total. The van der Waals surface area contributed by atoms with Crippen LogP contribution in [-0.4, -0.2) is 30.6 Å². The highest BCUT2D eigenvalue weighted by Crippen LogP contribution is 2.38. The van der Waals surface area contributed by atoms with E-state index < -0.39 is 11.9 Å². The predicted octanol–water partition coefficient (Wildman–Crippen LogP) is 1.07. The van der Waals surface area contributed by atoms with Crippen LogP contribution in [0.3, 0.4) is 0 Å². The van der Waals surface area contributed by atoms with Crippen molar-refractivity contribution in [3.63, 3.8) is 0 Å². The van der Waals surface area contributed by atoms with Crippen molar-refractivity contribution in [2.24, 2.45) is 11.8 Å². The first-order chi connectivity index (χ1) is 9.13. The number of methoxy groups -OCH3 is 1. The first-order valence-electron chi connectivity index (χ1n) is 6.26. The molecule has 1 aliphatic rings. The van der Waals surface area contributed by atoms with Gasteiger partial charge in [-0.3, -0.25) is 9.59 Å². The zero-order valence-electron chi connectivity index (χ0n) is 10.8. The molecule has 2 rings (SSSR count). The molecule has 0 aromatic heterocycles. The van der Waals surface area contributed by atoms with Crippen molar-refractivity contribution in [3.8, 4) is 5.75 Å². The minimum Gasteiger partial charge on any atom is -0.496 e. The zero-order chi connectivity index (χ0) is 13.8. The second-order valence-electron chi connectivity index (χ2n) is 4.64. The van der Waals surface area contributed by atoms with Crippen molar-refractivity contribution in [2.75, 3.05) is 13.7 Å². The lowest BCUT2D eigenvalue weighted by Crippen LogP contribution is -2.28. The molecule has 1 amide bonds. The molecular formula is C14H17NO4. The Bertz CT molecular complexity index is 486. The average Bonchev–Trinajstić information content (AvgIpc) is 3.19. The van der Waals surface area contributed by atoms with Gasteiger partial charge in [0.1, 0.15) is 5.75 Å². The van der Waals surface area contributed by atoms with Gasteiger partial charge < -0.3 is 15.2 Å². The van der Waals surface area contributed by atoms with Crippen LogP contribution in [0, 0.1) is 11.8 Å². The Morgan fingerprint density at radius 2 is 2.11 bits per heavy atom. The van der Waals surface area contributed by atoms with Gasteiger partial charge in [-0.15, -0.1) is 0 Å². The van der Waals surface area contributed by atoms with Gasteiger partial charge in [-0.05, 0) is 24.5 Å². The number of carbonyl (C=O) groups is 2. The summed E-state index contributed by atoms with van der Waals surface area (Å²) in [5.74, 6) is -1.10. The van der Waals surface area contributed by atoms with Gasteiger partial charge in [0.2, 0.25) is 5.91 Å². The van der Waals surface area contributed by atoms with E-state index in [1.54, 1.807) is 7.11 Å². The van der Waals surface area contributed by atoms with Crippen LogP contribution in [0.4, 0.5) is 0 Å². The highest BCUT2D eigenvalue weighted by molar-refractivity contribution is 5.89. The van der Waals surface area contributed by atoms with E-state index in [4.69, 9.17) is 9.84 Å². The third-order valence-electron chi connectivity index (χ3n) is 3.33. The summed E-state index contributed by atoms with van der Waals surface area (Å²) < 4.78 is 5.22. The van der Waals surface area contributed by atoms with Gasteiger partial charge in [-0.1, -0.05) is 18.2 Å². The number of carboxylic acids is 1. The molecule has 1 aromatic carbocycles. The molecule has 0 spiro atoms. The molecule has 102 valence electrons. The molecule has 0 unspecified atom stereocenters. The van der Waals surface area contributed by atoms with E-state index in [1.165, 1.54) is 0 Å². The van der Waals surface area contributed by atoms with Gasteiger partial charge in [0, 0.05) is 6.54 Å². The highest BCUT2D eigenvalue weighted by Gasteiger charge is 2.48. The van der Waals surface area contributed by atoms with E-state index in [-0.39, 0.29) is 11.8 Å². The Kier molecular flexibility index (Phi) is 4.04. The summed E-state index contributed by atoms with van der Waals surface area (Å²) in [5.41, 5.74) is 1.02. The van der Waals surface area contributed by atoms with Crippen LogP contribution >= 0.6 is 0 Å². The number of carbonyl (C=O) groups excluding carboxylic acids is 1. The number of aliphatic carboxylic acids is 1. The Morgan fingerprint density at radius 1 is 1.37 bits per heavy atom. The van der Waals surface area contributed by atoms with Gasteiger partial charge >= 0.3 is 5.97 Å². The Balaban J connectivity index is 1.78. The van der Waals surface area contributed by atoms with Crippen molar-refractivity contribution < 1.29 is 19.4 Å². The first-order valence-corrected chi connectivity index (χ1v) is 6.26. The number of para-hydroxylation sites is 1. The Morgan fingerprint density at radius 3 is 2.74 bits per heavy atom. The maximum absolute atomic E-state index is 11.7. The number of hydrogen-bond donors (Lipinski definition) is 2. The third kappa shape index (κ3) is 3.24. The van der Waals surface area contributed by atoms with Crippen LogP contribution in [-0.2, 0) is 16.0 Å². The molecule has 5 heteroatoms. The monoisotopic (exact) mass is 263 g/mol. The van der Waals surface area contributed by atoms with Crippen LogP contribution in [0.5, 0.6) is 5.75 Å². The molecule has 0 radical (unpaired) electrons. The molecule has 2 N–H and O–H groups in total. The minimum atomic E-state index is -0.884. The Hall–Kier alpha value is -2.04. The summed E-state index contributed by atoms with van der Waals surface area (Å²) in [6.07, 6.45) is 1.12. The fraction of sp³-hybridized carbons (Fsp3) is 0.429. The van der Waals surface area contributed by atoms with Gasteiger partial charge in [0.05, 0.1) is 18.9 Å². The van der Waals surface area contributed by atoms with E-state index in [1.807, 2.05) is 24.3 Å². The van der Waals surface area contributed by atoms with Gasteiger partial charge in [-0.2, -0.15) is 0 Å². The maximum Gasteiger partial charge on any atom is 0.307 e. The molecule has 1 aromatic rings. The summed E-state index contributed by atoms with van der Waals surface area (Å²) >= 11 is 0. The van der Waals surface area contributed by atoms with Crippen molar-refractivity contribution in [2.45, 2.75) is 12.8 Å². The van der Waals surface area contributed by atoms with Crippen LogP contribution in [0.25, 0.3) is 0 Å². The SMILES string of the molecule is COc1ccccc1CCNC(=O)[C@H]1C[C@@H]1C(=O)O. The van der Waals surface area contributed by atoms with Crippen molar-refractivity contribution >= 4 is 11.9 Å². The quantitative estimate of drug-likeness (QED) is 0.805. The summed E-state index contributed by atoms with van der Waals surface area (Å²) in [6, 6.07) is 7.63. The zero-order valence-corrected chi connectivity index (χ0v) is 10.8. The molecule has 0 heterocycles. The molecule has 0 saturated heterocycles. The average molecular weight is 263 g/mol. The fourth-order valence-corrected chi connectivity index (χ4v) is 2.12. The number of ether oxygens (including phenoxy) is 1. The molecular weight excluding hydrogens is 246 g/mol. The summed E-state index contributed by atoms with van der Waals surface area (Å²) in [5, 5.41) is 11.5. The lowest BCUT2D eigenvalue weighted by atomic mass is 10.1. The molecule has 2 atom stereocenters. The van der Waals surface area contributed by atoms with Gasteiger partial charge in [0.25, 0.3) is 0 Å². The summed E-state index contributed by atoms with van der Waals surface area (Å²) in [7, 11) is 1.61. The van der Waals surface area contributed by atoms with E-state index >= 15 is 0 Å². The van der Waals surface area contributed by atoms with Crippen LogP contribution in [0.1, 0.15) is 12.0 Å². The topological polar surface area (TPSA) is 75.6 Å². The van der Waals surface area contributed by atoms with Crippen LogP contribution in [0.15, 0.2) is 24.3 Å². The highest BCUT2D eigenvalue weighted by atomic mass is 16.5. The largest absolute Gasteiger partial charge is 0.496 e. The standard InChI is InChI=1S/C14H17NO4/c1-19-12-5-3-2-4-9(12)6-7-15-13(16)10-8-11(10)14(17)18/h2-5,10-11H,6-8H2,1H3,(H,15,16)(H,17,18)/t10-,11-/m0/s1. The molecule has 1 fully saturated rings. The molecule has 1 aliphatic carbocycles.